The zero-order valence-electron chi connectivity index (χ0n) is 8.19. The topological polar surface area (TPSA) is 46.3 Å². The van der Waals surface area contributed by atoms with Gasteiger partial charge in [0.1, 0.15) is 0 Å². The number of primary amides is 1. The molecule has 0 saturated heterocycles. The Bertz CT molecular complexity index is 348. The van der Waals surface area contributed by atoms with Crippen LogP contribution in [0.1, 0.15) is 23.4 Å². The molecule has 1 aromatic heterocycles. The third kappa shape index (κ3) is 1.67. The normalized spacial score (nSPS) is 21.9. The molecule has 0 aromatic carbocycles. The molecular weight excluding hydrogens is 196 g/mol. The van der Waals surface area contributed by atoms with E-state index in [2.05, 4.69) is 23.3 Å². The molecule has 76 valence electrons. The molecule has 1 aliphatic rings. The first-order valence-corrected chi connectivity index (χ1v) is 5.65. The van der Waals surface area contributed by atoms with Gasteiger partial charge in [0.15, 0.2) is 0 Å². The van der Waals surface area contributed by atoms with E-state index in [9.17, 15) is 4.79 Å². The van der Waals surface area contributed by atoms with Crippen molar-refractivity contribution < 1.29 is 4.79 Å². The molecule has 3 nitrogen and oxygen atoms in total. The lowest BCUT2D eigenvalue weighted by molar-refractivity contribution is -0.119. The zero-order chi connectivity index (χ0) is 10.1. The van der Waals surface area contributed by atoms with Crippen molar-refractivity contribution in [1.82, 2.24) is 4.90 Å². The second-order valence-electron chi connectivity index (χ2n) is 3.66. The molecule has 0 bridgehead atoms. The molecule has 0 radical (unpaired) electrons. The van der Waals surface area contributed by atoms with Gasteiger partial charge in [-0.15, -0.1) is 11.3 Å². The minimum absolute atomic E-state index is 0.240. The van der Waals surface area contributed by atoms with Gasteiger partial charge in [0.25, 0.3) is 0 Å². The lowest BCUT2D eigenvalue weighted by Crippen LogP contribution is -2.39. The minimum Gasteiger partial charge on any atom is -0.369 e. The average molecular weight is 210 g/mol. The highest BCUT2D eigenvalue weighted by molar-refractivity contribution is 7.10. The number of hydrogen-bond acceptors (Lipinski definition) is 3. The Morgan fingerprint density at radius 1 is 1.79 bits per heavy atom. The van der Waals surface area contributed by atoms with E-state index in [1.807, 2.05) is 11.3 Å². The number of nitrogens with two attached hydrogens (primary N) is 1. The summed E-state index contributed by atoms with van der Waals surface area (Å²) in [4.78, 5) is 14.4. The highest BCUT2D eigenvalue weighted by Crippen LogP contribution is 2.32. The Hall–Kier alpha value is -0.870. The van der Waals surface area contributed by atoms with Crippen molar-refractivity contribution in [3.8, 4) is 0 Å². The fraction of sp³-hybridized carbons (Fsp3) is 0.500. The summed E-state index contributed by atoms with van der Waals surface area (Å²) in [6.07, 6.45) is 1.05. The van der Waals surface area contributed by atoms with Gasteiger partial charge in [0.2, 0.25) is 5.91 Å². The molecule has 2 heterocycles. The Morgan fingerprint density at radius 2 is 2.57 bits per heavy atom. The molecule has 1 aliphatic heterocycles. The van der Waals surface area contributed by atoms with Gasteiger partial charge in [-0.05, 0) is 30.4 Å². The van der Waals surface area contributed by atoms with Gasteiger partial charge >= 0.3 is 0 Å². The summed E-state index contributed by atoms with van der Waals surface area (Å²) in [7, 11) is 0. The van der Waals surface area contributed by atoms with Crippen LogP contribution in [0.15, 0.2) is 11.4 Å². The monoisotopic (exact) mass is 210 g/mol. The first-order chi connectivity index (χ1) is 6.68. The summed E-state index contributed by atoms with van der Waals surface area (Å²) in [5.41, 5.74) is 6.57. The number of carbonyl (C=O) groups excluding carboxylic acids is 1. The quantitative estimate of drug-likeness (QED) is 0.796. The van der Waals surface area contributed by atoms with E-state index in [0.717, 1.165) is 13.0 Å². The van der Waals surface area contributed by atoms with Gasteiger partial charge in [-0.3, -0.25) is 9.69 Å². The van der Waals surface area contributed by atoms with Crippen LogP contribution in [-0.2, 0) is 11.2 Å². The van der Waals surface area contributed by atoms with Crippen molar-refractivity contribution in [2.24, 2.45) is 5.73 Å². The van der Waals surface area contributed by atoms with E-state index in [1.165, 1.54) is 10.4 Å². The number of thiophene rings is 1. The van der Waals surface area contributed by atoms with E-state index in [0.29, 0.717) is 12.6 Å². The molecule has 1 aromatic rings. The van der Waals surface area contributed by atoms with Crippen molar-refractivity contribution in [1.29, 1.82) is 0 Å². The van der Waals surface area contributed by atoms with E-state index < -0.39 is 0 Å². The maximum atomic E-state index is 10.8. The van der Waals surface area contributed by atoms with Crippen LogP contribution in [0.2, 0.25) is 0 Å². The SMILES string of the molecule is C[C@@H]1c2ccsc2CCN1CC(N)=O. The number of rotatable bonds is 2. The van der Waals surface area contributed by atoms with Gasteiger partial charge in [-0.25, -0.2) is 0 Å². The van der Waals surface area contributed by atoms with Crippen LogP contribution >= 0.6 is 11.3 Å². The number of amides is 1. The van der Waals surface area contributed by atoms with E-state index in [4.69, 9.17) is 5.73 Å². The standard InChI is InChI=1S/C10H14N2OS/c1-7-8-3-5-14-9(8)2-4-12(7)6-10(11)13/h3,5,7H,2,4,6H2,1H3,(H2,11,13)/t7-/m1/s1. The van der Waals surface area contributed by atoms with E-state index >= 15 is 0 Å². The third-order valence-electron chi connectivity index (χ3n) is 2.76. The maximum Gasteiger partial charge on any atom is 0.231 e. The number of nitrogens with zero attached hydrogens (tertiary/aromatic N) is 1. The predicted octanol–water partition coefficient (Wildman–Crippen LogP) is 1.15. The summed E-state index contributed by atoms with van der Waals surface area (Å²) in [5.74, 6) is -0.240. The second-order valence-corrected chi connectivity index (χ2v) is 4.66. The van der Waals surface area contributed by atoms with Crippen LogP contribution in [0.5, 0.6) is 0 Å². The molecule has 2 N–H and O–H groups in total. The Morgan fingerprint density at radius 3 is 3.29 bits per heavy atom. The Labute approximate surface area is 87.5 Å². The van der Waals surface area contributed by atoms with Crippen LogP contribution in [0.25, 0.3) is 0 Å². The van der Waals surface area contributed by atoms with Crippen LogP contribution in [0.4, 0.5) is 0 Å². The second kappa shape index (κ2) is 3.71. The first kappa shape index (κ1) is 9.68. The molecule has 1 atom stereocenters. The highest BCUT2D eigenvalue weighted by atomic mass is 32.1. The van der Waals surface area contributed by atoms with Gasteiger partial charge in [-0.2, -0.15) is 0 Å². The van der Waals surface area contributed by atoms with Crippen molar-refractivity contribution in [2.75, 3.05) is 13.1 Å². The summed E-state index contributed by atoms with van der Waals surface area (Å²) in [6.45, 7) is 3.45. The highest BCUT2D eigenvalue weighted by Gasteiger charge is 2.25. The molecule has 0 saturated carbocycles. The van der Waals surface area contributed by atoms with Gasteiger partial charge in [0, 0.05) is 17.5 Å². The largest absolute Gasteiger partial charge is 0.369 e. The molecule has 2 rings (SSSR count). The molecule has 0 spiro atoms. The molecule has 4 heteroatoms. The van der Waals surface area contributed by atoms with Crippen molar-refractivity contribution in [3.05, 3.63) is 21.9 Å². The Kier molecular flexibility index (Phi) is 2.56. The fourth-order valence-corrected chi connectivity index (χ4v) is 2.94. The Balaban J connectivity index is 2.16. The molecule has 0 unspecified atom stereocenters. The predicted molar refractivity (Wildman–Crippen MR) is 57.2 cm³/mol. The summed E-state index contributed by atoms with van der Waals surface area (Å²) >= 11 is 1.81. The first-order valence-electron chi connectivity index (χ1n) is 4.77. The van der Waals surface area contributed by atoms with E-state index in [-0.39, 0.29) is 5.91 Å². The van der Waals surface area contributed by atoms with Gasteiger partial charge in [0.05, 0.1) is 6.54 Å². The minimum atomic E-state index is -0.240. The maximum absolute atomic E-state index is 10.8. The van der Waals surface area contributed by atoms with Crippen molar-refractivity contribution >= 4 is 17.2 Å². The van der Waals surface area contributed by atoms with Crippen molar-refractivity contribution in [3.63, 3.8) is 0 Å². The molecule has 1 amide bonds. The summed E-state index contributed by atoms with van der Waals surface area (Å²) in [6, 6.07) is 2.48. The van der Waals surface area contributed by atoms with Gasteiger partial charge in [-0.1, -0.05) is 0 Å². The van der Waals surface area contributed by atoms with Crippen LogP contribution in [-0.4, -0.2) is 23.9 Å². The fourth-order valence-electron chi connectivity index (χ4n) is 1.98. The molecule has 14 heavy (non-hydrogen) atoms. The third-order valence-corrected chi connectivity index (χ3v) is 3.76. The molecule has 0 aliphatic carbocycles. The molecule has 0 fully saturated rings. The lowest BCUT2D eigenvalue weighted by Gasteiger charge is -2.32. The lowest BCUT2D eigenvalue weighted by atomic mass is 10.0. The number of carbonyl (C=O) groups is 1. The van der Waals surface area contributed by atoms with Gasteiger partial charge < -0.3 is 5.73 Å². The zero-order valence-corrected chi connectivity index (χ0v) is 9.01. The van der Waals surface area contributed by atoms with Crippen LogP contribution in [0, 0.1) is 0 Å². The van der Waals surface area contributed by atoms with Crippen LogP contribution < -0.4 is 5.73 Å². The molecular formula is C10H14N2OS. The number of hydrogen-bond donors (Lipinski definition) is 1. The van der Waals surface area contributed by atoms with Crippen molar-refractivity contribution in [2.45, 2.75) is 19.4 Å². The number of fused-ring (bicyclic) bond motifs is 1. The average Bonchev–Trinajstić information content (AvgIpc) is 2.57. The smallest absolute Gasteiger partial charge is 0.231 e. The van der Waals surface area contributed by atoms with E-state index in [1.54, 1.807) is 0 Å². The van der Waals surface area contributed by atoms with Crippen LogP contribution in [0.3, 0.4) is 0 Å². The summed E-state index contributed by atoms with van der Waals surface area (Å²) in [5, 5.41) is 2.12. The summed E-state index contributed by atoms with van der Waals surface area (Å²) < 4.78 is 0.